The van der Waals surface area contributed by atoms with Crippen molar-refractivity contribution in [2.24, 2.45) is 0 Å². The van der Waals surface area contributed by atoms with Crippen LogP contribution in [0.25, 0.3) is 11.5 Å². The fraction of sp³-hybridized carbons (Fsp3) is 0.0667. The lowest BCUT2D eigenvalue weighted by molar-refractivity contribution is 0.304. The van der Waals surface area contributed by atoms with Crippen molar-refractivity contribution in [3.05, 3.63) is 56.5 Å². The number of halogens is 3. The van der Waals surface area contributed by atoms with Crippen molar-refractivity contribution >= 4 is 45.1 Å². The average molecular weight is 415 g/mol. The van der Waals surface area contributed by atoms with E-state index in [-0.39, 0.29) is 11.9 Å². The van der Waals surface area contributed by atoms with Crippen molar-refractivity contribution < 1.29 is 9.15 Å². The summed E-state index contributed by atoms with van der Waals surface area (Å²) in [5.74, 6) is 0.812. The Morgan fingerprint density at radius 3 is 2.48 bits per heavy atom. The molecule has 0 aliphatic carbocycles. The molecule has 2 aromatic carbocycles. The first-order chi connectivity index (χ1) is 11.0. The third-order valence-corrected chi connectivity index (χ3v) is 4.10. The number of nitrogen functional groups attached to an aromatic ring is 1. The van der Waals surface area contributed by atoms with Crippen LogP contribution in [0.5, 0.6) is 5.75 Å². The normalized spacial score (nSPS) is 10.7. The van der Waals surface area contributed by atoms with Crippen molar-refractivity contribution in [1.29, 1.82) is 0 Å². The van der Waals surface area contributed by atoms with Crippen molar-refractivity contribution in [2.75, 3.05) is 5.73 Å². The van der Waals surface area contributed by atoms with Gasteiger partial charge in [-0.25, -0.2) is 0 Å². The average Bonchev–Trinajstić information content (AvgIpc) is 2.95. The number of benzene rings is 2. The number of nitrogens with zero attached hydrogens (tertiary/aromatic N) is 2. The van der Waals surface area contributed by atoms with Gasteiger partial charge in [-0.1, -0.05) is 40.4 Å². The molecule has 0 unspecified atom stereocenters. The highest BCUT2D eigenvalue weighted by Crippen LogP contribution is 2.38. The van der Waals surface area contributed by atoms with E-state index in [1.807, 2.05) is 12.1 Å². The summed E-state index contributed by atoms with van der Waals surface area (Å²) in [6.45, 7) is 0.363. The van der Waals surface area contributed by atoms with E-state index >= 15 is 0 Å². The molecule has 0 amide bonds. The van der Waals surface area contributed by atoms with Crippen LogP contribution >= 0.6 is 39.1 Å². The molecular weight excluding hydrogens is 405 g/mol. The monoisotopic (exact) mass is 413 g/mol. The Balaban J connectivity index is 1.81. The van der Waals surface area contributed by atoms with Gasteiger partial charge in [0.25, 0.3) is 0 Å². The molecule has 0 saturated heterocycles. The second-order valence-electron chi connectivity index (χ2n) is 4.63. The topological polar surface area (TPSA) is 74.2 Å². The van der Waals surface area contributed by atoms with Crippen LogP contribution in [0.2, 0.25) is 10.0 Å². The minimum absolute atomic E-state index is 0.00434. The molecule has 0 fully saturated rings. The van der Waals surface area contributed by atoms with Crippen LogP contribution in [0.3, 0.4) is 0 Å². The van der Waals surface area contributed by atoms with Gasteiger partial charge in [-0.15, -0.1) is 5.10 Å². The highest BCUT2D eigenvalue weighted by Gasteiger charge is 2.14. The minimum atomic E-state index is -0.00434. The molecule has 0 aliphatic heterocycles. The van der Waals surface area contributed by atoms with Crippen molar-refractivity contribution in [2.45, 2.75) is 6.61 Å². The number of anilines is 1. The number of nitrogens with two attached hydrogens (primary N) is 1. The van der Waals surface area contributed by atoms with Crippen LogP contribution in [0.4, 0.5) is 6.01 Å². The van der Waals surface area contributed by atoms with Crippen molar-refractivity contribution in [1.82, 2.24) is 10.2 Å². The Hall–Kier alpha value is -1.76. The van der Waals surface area contributed by atoms with Gasteiger partial charge < -0.3 is 14.9 Å². The summed E-state index contributed by atoms with van der Waals surface area (Å²) in [5, 5.41) is 8.54. The van der Waals surface area contributed by atoms with Gasteiger partial charge in [0.05, 0.1) is 9.50 Å². The predicted octanol–water partition coefficient (Wildman–Crippen LogP) is 4.97. The van der Waals surface area contributed by atoms with Gasteiger partial charge >= 0.3 is 6.01 Å². The van der Waals surface area contributed by atoms with E-state index in [0.717, 1.165) is 5.56 Å². The molecule has 0 bridgehead atoms. The van der Waals surface area contributed by atoms with Gasteiger partial charge in [-0.3, -0.25) is 0 Å². The third kappa shape index (κ3) is 3.77. The molecule has 118 valence electrons. The lowest BCUT2D eigenvalue weighted by Crippen LogP contribution is -1.97. The molecule has 2 N–H and O–H groups in total. The summed E-state index contributed by atoms with van der Waals surface area (Å²) in [4.78, 5) is 0. The molecule has 0 radical (unpaired) electrons. The maximum absolute atomic E-state index is 6.29. The number of aromatic nitrogens is 2. The fourth-order valence-corrected chi connectivity index (χ4v) is 3.00. The zero-order chi connectivity index (χ0) is 16.4. The molecule has 8 heteroatoms. The first kappa shape index (κ1) is 16.1. The summed E-state index contributed by atoms with van der Waals surface area (Å²) in [6, 6.07) is 10.8. The second-order valence-corrected chi connectivity index (χ2v) is 6.33. The van der Waals surface area contributed by atoms with E-state index in [2.05, 4.69) is 26.1 Å². The molecule has 3 rings (SSSR count). The molecule has 1 aromatic heterocycles. The number of hydrogen-bond donors (Lipinski definition) is 1. The van der Waals surface area contributed by atoms with Gasteiger partial charge in [0.2, 0.25) is 5.89 Å². The first-order valence-corrected chi connectivity index (χ1v) is 8.03. The Bertz CT molecular complexity index is 814. The second kappa shape index (κ2) is 6.78. The highest BCUT2D eigenvalue weighted by atomic mass is 79.9. The maximum Gasteiger partial charge on any atom is 0.313 e. The Labute approximate surface area is 150 Å². The molecule has 0 aliphatic rings. The van der Waals surface area contributed by atoms with E-state index in [9.17, 15) is 0 Å². The molecular formula is C15H10BrCl2N3O2. The molecule has 0 saturated carbocycles. The third-order valence-electron chi connectivity index (χ3n) is 2.98. The lowest BCUT2D eigenvalue weighted by Gasteiger charge is -2.11. The van der Waals surface area contributed by atoms with E-state index in [1.54, 1.807) is 24.3 Å². The molecule has 0 atom stereocenters. The van der Waals surface area contributed by atoms with Crippen LogP contribution in [0, 0.1) is 0 Å². The predicted molar refractivity (Wildman–Crippen MR) is 92.6 cm³/mol. The Morgan fingerprint density at radius 1 is 1.13 bits per heavy atom. The minimum Gasteiger partial charge on any atom is -0.486 e. The fourth-order valence-electron chi connectivity index (χ4n) is 1.91. The largest absolute Gasteiger partial charge is 0.486 e. The SMILES string of the molecule is Nc1nnc(-c2cc(Cl)c(OCc3ccc(Cl)cc3)c(Br)c2)o1. The summed E-state index contributed by atoms with van der Waals surface area (Å²) in [5.41, 5.74) is 7.05. The van der Waals surface area contributed by atoms with E-state index in [1.165, 1.54) is 0 Å². The van der Waals surface area contributed by atoms with E-state index in [4.69, 9.17) is 38.1 Å². The summed E-state index contributed by atoms with van der Waals surface area (Å²) in [6.07, 6.45) is 0. The zero-order valence-corrected chi connectivity index (χ0v) is 14.7. The molecule has 23 heavy (non-hydrogen) atoms. The van der Waals surface area contributed by atoms with Crippen LogP contribution in [0.15, 0.2) is 45.3 Å². The number of hydrogen-bond acceptors (Lipinski definition) is 5. The van der Waals surface area contributed by atoms with Crippen molar-refractivity contribution in [3.63, 3.8) is 0 Å². The zero-order valence-electron chi connectivity index (χ0n) is 11.6. The van der Waals surface area contributed by atoms with Gasteiger partial charge in [0.1, 0.15) is 6.61 Å². The first-order valence-electron chi connectivity index (χ1n) is 6.48. The number of rotatable bonds is 4. The standard InChI is InChI=1S/C15H10BrCl2N3O2/c16-11-5-9(14-20-21-15(19)23-14)6-12(18)13(11)22-7-8-1-3-10(17)4-2-8/h1-6H,7H2,(H2,19,21). The van der Waals surface area contributed by atoms with E-state index in [0.29, 0.717) is 32.4 Å². The van der Waals surface area contributed by atoms with Crippen LogP contribution < -0.4 is 10.5 Å². The lowest BCUT2D eigenvalue weighted by atomic mass is 10.2. The van der Waals surface area contributed by atoms with Crippen LogP contribution in [0.1, 0.15) is 5.56 Å². The summed E-state index contributed by atoms with van der Waals surface area (Å²) in [7, 11) is 0. The molecule has 1 heterocycles. The van der Waals surface area contributed by atoms with Gasteiger partial charge in [-0.05, 0) is 45.8 Å². The Kier molecular flexibility index (Phi) is 4.75. The van der Waals surface area contributed by atoms with Gasteiger partial charge in [0, 0.05) is 10.6 Å². The van der Waals surface area contributed by atoms with Crippen LogP contribution in [-0.4, -0.2) is 10.2 Å². The quantitative estimate of drug-likeness (QED) is 0.652. The van der Waals surface area contributed by atoms with Crippen molar-refractivity contribution in [3.8, 4) is 17.2 Å². The smallest absolute Gasteiger partial charge is 0.313 e. The Morgan fingerprint density at radius 2 is 1.87 bits per heavy atom. The van der Waals surface area contributed by atoms with Gasteiger partial charge in [0.15, 0.2) is 5.75 Å². The van der Waals surface area contributed by atoms with Gasteiger partial charge in [-0.2, -0.15) is 0 Å². The summed E-state index contributed by atoms with van der Waals surface area (Å²) >= 11 is 15.6. The molecule has 0 spiro atoms. The van der Waals surface area contributed by atoms with E-state index < -0.39 is 0 Å². The molecule has 3 aromatic rings. The highest BCUT2D eigenvalue weighted by molar-refractivity contribution is 9.10. The van der Waals surface area contributed by atoms with Crippen LogP contribution in [-0.2, 0) is 6.61 Å². The number of ether oxygens (including phenoxy) is 1. The maximum atomic E-state index is 6.29. The summed E-state index contributed by atoms with van der Waals surface area (Å²) < 4.78 is 11.6. The molecule has 5 nitrogen and oxygen atoms in total.